The van der Waals surface area contributed by atoms with E-state index in [1.165, 1.54) is 17.9 Å². The molecule has 2 atom stereocenters. The zero-order valence-electron chi connectivity index (χ0n) is 13.7. The van der Waals surface area contributed by atoms with Crippen LogP contribution in [-0.4, -0.2) is 21.5 Å². The Morgan fingerprint density at radius 1 is 1.04 bits per heavy atom. The summed E-state index contributed by atoms with van der Waals surface area (Å²) in [6, 6.07) is 1.92. The second kappa shape index (κ2) is 6.72. The average Bonchev–Trinajstić information content (AvgIpc) is 3.04. The lowest BCUT2D eigenvalue weighted by molar-refractivity contribution is -0.122. The standard InChI is InChI=1S/C18H20F3NOS2/c19-13-4-5-14(16(21)15(13)20)22-17(23)10-8-11-2-1-3-12(9-10)18(11)24-6-7-25-18/h4-5,10-12H,1-3,6-9H2,(H,22,23). The number of halogens is 3. The van der Waals surface area contributed by atoms with Crippen molar-refractivity contribution in [2.45, 2.75) is 36.2 Å². The summed E-state index contributed by atoms with van der Waals surface area (Å²) in [5.41, 5.74) is -0.279. The fourth-order valence-electron chi connectivity index (χ4n) is 4.68. The van der Waals surface area contributed by atoms with Crippen LogP contribution in [0.2, 0.25) is 0 Å². The number of anilines is 1. The number of thioether (sulfide) groups is 2. The van der Waals surface area contributed by atoms with E-state index in [1.54, 1.807) is 0 Å². The van der Waals surface area contributed by atoms with Gasteiger partial charge in [-0.2, -0.15) is 0 Å². The van der Waals surface area contributed by atoms with Gasteiger partial charge in [-0.25, -0.2) is 13.2 Å². The number of hydrogen-bond donors (Lipinski definition) is 1. The van der Waals surface area contributed by atoms with Gasteiger partial charge in [-0.3, -0.25) is 4.79 Å². The Hall–Kier alpha value is -0.820. The van der Waals surface area contributed by atoms with Gasteiger partial charge < -0.3 is 5.32 Å². The van der Waals surface area contributed by atoms with Crippen molar-refractivity contribution in [1.82, 2.24) is 0 Å². The molecule has 0 radical (unpaired) electrons. The minimum absolute atomic E-state index is 0.185. The summed E-state index contributed by atoms with van der Waals surface area (Å²) in [7, 11) is 0. The van der Waals surface area contributed by atoms with Gasteiger partial charge in [0.2, 0.25) is 5.91 Å². The summed E-state index contributed by atoms with van der Waals surface area (Å²) in [4.78, 5) is 12.6. The molecule has 136 valence electrons. The quantitative estimate of drug-likeness (QED) is 0.721. The Labute approximate surface area is 153 Å². The first-order valence-electron chi connectivity index (χ1n) is 8.73. The predicted octanol–water partition coefficient (Wildman–Crippen LogP) is 5.05. The molecule has 25 heavy (non-hydrogen) atoms. The number of carbonyl (C=O) groups is 1. The van der Waals surface area contributed by atoms with Crippen LogP contribution in [0.3, 0.4) is 0 Å². The zero-order valence-corrected chi connectivity index (χ0v) is 15.3. The maximum absolute atomic E-state index is 13.8. The van der Waals surface area contributed by atoms with Crippen LogP contribution in [0.5, 0.6) is 0 Å². The molecule has 1 N–H and O–H groups in total. The van der Waals surface area contributed by atoms with Gasteiger partial charge >= 0.3 is 0 Å². The lowest BCUT2D eigenvalue weighted by atomic mass is 9.67. The Kier molecular flexibility index (Phi) is 4.73. The Balaban J connectivity index is 1.50. The van der Waals surface area contributed by atoms with Gasteiger partial charge in [0, 0.05) is 17.4 Å². The van der Waals surface area contributed by atoms with Gasteiger partial charge in [-0.05, 0) is 49.7 Å². The summed E-state index contributed by atoms with van der Waals surface area (Å²) < 4.78 is 40.5. The molecule has 1 aliphatic heterocycles. The maximum Gasteiger partial charge on any atom is 0.227 e. The van der Waals surface area contributed by atoms with E-state index >= 15 is 0 Å². The van der Waals surface area contributed by atoms with E-state index in [1.807, 2.05) is 0 Å². The molecule has 1 saturated heterocycles. The number of hydrogen-bond acceptors (Lipinski definition) is 3. The fraction of sp³-hybridized carbons (Fsp3) is 0.611. The molecule has 4 rings (SSSR count). The van der Waals surface area contributed by atoms with E-state index in [0.717, 1.165) is 37.8 Å². The first-order valence-corrected chi connectivity index (χ1v) is 10.7. The molecule has 1 aromatic rings. The number of nitrogens with one attached hydrogen (secondary N) is 1. The molecule has 1 aromatic carbocycles. The monoisotopic (exact) mass is 387 g/mol. The normalized spacial score (nSPS) is 30.4. The van der Waals surface area contributed by atoms with Gasteiger partial charge in [0.25, 0.3) is 0 Å². The minimum Gasteiger partial charge on any atom is -0.323 e. The summed E-state index contributed by atoms with van der Waals surface area (Å²) in [5, 5.41) is 2.48. The van der Waals surface area contributed by atoms with Crippen molar-refractivity contribution >= 4 is 35.1 Å². The lowest BCUT2D eigenvalue weighted by Crippen LogP contribution is -2.48. The molecule has 2 bridgehead atoms. The largest absolute Gasteiger partial charge is 0.323 e. The number of benzene rings is 1. The van der Waals surface area contributed by atoms with Crippen LogP contribution >= 0.6 is 23.5 Å². The summed E-state index contributed by atoms with van der Waals surface area (Å²) in [6.07, 6.45) is 5.09. The molecule has 7 heteroatoms. The maximum atomic E-state index is 13.8. The zero-order chi connectivity index (χ0) is 17.6. The fourth-order valence-corrected chi connectivity index (χ4v) is 8.62. The average molecular weight is 387 g/mol. The van der Waals surface area contributed by atoms with Crippen LogP contribution < -0.4 is 5.32 Å². The molecule has 3 aliphatic rings. The van der Waals surface area contributed by atoms with Gasteiger partial charge in [-0.1, -0.05) is 6.42 Å². The molecule has 1 spiro atoms. The van der Waals surface area contributed by atoms with E-state index < -0.39 is 17.5 Å². The number of carbonyl (C=O) groups excluding carboxylic acids is 1. The minimum atomic E-state index is -1.55. The van der Waals surface area contributed by atoms with Gasteiger partial charge in [0.1, 0.15) is 0 Å². The van der Waals surface area contributed by atoms with Crippen LogP contribution in [0, 0.1) is 35.2 Å². The molecule has 1 heterocycles. The van der Waals surface area contributed by atoms with Crippen LogP contribution in [0.25, 0.3) is 0 Å². The lowest BCUT2D eigenvalue weighted by Gasteiger charge is -2.52. The van der Waals surface area contributed by atoms with Crippen molar-refractivity contribution in [1.29, 1.82) is 0 Å². The van der Waals surface area contributed by atoms with Crippen molar-refractivity contribution < 1.29 is 18.0 Å². The summed E-state index contributed by atoms with van der Waals surface area (Å²) in [5.74, 6) is -1.23. The predicted molar refractivity (Wildman–Crippen MR) is 96.1 cm³/mol. The molecular formula is C18H20F3NOS2. The molecule has 2 aliphatic carbocycles. The highest BCUT2D eigenvalue weighted by atomic mass is 32.2. The SMILES string of the molecule is O=C(Nc1ccc(F)c(F)c1F)C1CC2CCCC(C1)C21SCCS1. The van der Waals surface area contributed by atoms with Gasteiger partial charge in [-0.15, -0.1) is 23.5 Å². The molecule has 0 aromatic heterocycles. The number of amides is 1. The molecule has 2 unspecified atom stereocenters. The molecule has 1 amide bonds. The van der Waals surface area contributed by atoms with Gasteiger partial charge in [0.05, 0.1) is 9.77 Å². The van der Waals surface area contributed by atoms with Crippen molar-refractivity contribution in [3.63, 3.8) is 0 Å². The van der Waals surface area contributed by atoms with Crippen molar-refractivity contribution in [2.24, 2.45) is 17.8 Å². The summed E-state index contributed by atoms with van der Waals surface area (Å²) in [6.45, 7) is 0. The molecule has 2 saturated carbocycles. The second-order valence-electron chi connectivity index (χ2n) is 7.12. The highest BCUT2D eigenvalue weighted by molar-refractivity contribution is 8.21. The molecule has 3 fully saturated rings. The van der Waals surface area contributed by atoms with E-state index in [0.29, 0.717) is 11.8 Å². The Bertz CT molecular complexity index is 677. The van der Waals surface area contributed by atoms with Gasteiger partial charge in [0.15, 0.2) is 17.5 Å². The van der Waals surface area contributed by atoms with Crippen molar-refractivity contribution in [3.05, 3.63) is 29.6 Å². The highest BCUT2D eigenvalue weighted by Gasteiger charge is 2.55. The number of rotatable bonds is 2. The van der Waals surface area contributed by atoms with E-state index in [-0.39, 0.29) is 21.6 Å². The first-order chi connectivity index (χ1) is 12.0. The third-order valence-corrected chi connectivity index (χ3v) is 9.80. The Morgan fingerprint density at radius 3 is 2.32 bits per heavy atom. The second-order valence-corrected chi connectivity index (χ2v) is 10.1. The van der Waals surface area contributed by atoms with Crippen molar-refractivity contribution in [2.75, 3.05) is 16.8 Å². The van der Waals surface area contributed by atoms with E-state index in [2.05, 4.69) is 28.8 Å². The topological polar surface area (TPSA) is 29.1 Å². The molecular weight excluding hydrogens is 367 g/mol. The van der Waals surface area contributed by atoms with Crippen molar-refractivity contribution in [3.8, 4) is 0 Å². The van der Waals surface area contributed by atoms with Crippen LogP contribution in [0.1, 0.15) is 32.1 Å². The molecule has 2 nitrogen and oxygen atoms in total. The van der Waals surface area contributed by atoms with Crippen LogP contribution in [0.15, 0.2) is 12.1 Å². The first kappa shape index (κ1) is 17.6. The van der Waals surface area contributed by atoms with Crippen LogP contribution in [-0.2, 0) is 4.79 Å². The van der Waals surface area contributed by atoms with E-state index in [4.69, 9.17) is 0 Å². The van der Waals surface area contributed by atoms with Crippen LogP contribution in [0.4, 0.5) is 18.9 Å². The third kappa shape index (κ3) is 2.97. The summed E-state index contributed by atoms with van der Waals surface area (Å²) >= 11 is 4.12. The Morgan fingerprint density at radius 2 is 1.68 bits per heavy atom. The van der Waals surface area contributed by atoms with E-state index in [9.17, 15) is 18.0 Å². The smallest absolute Gasteiger partial charge is 0.227 e. The highest BCUT2D eigenvalue weighted by Crippen LogP contribution is 2.64. The third-order valence-electron chi connectivity index (χ3n) is 5.78.